The van der Waals surface area contributed by atoms with Crippen LogP contribution in [0.3, 0.4) is 0 Å². The molecule has 4 aromatic rings. The lowest BCUT2D eigenvalue weighted by atomic mass is 9.93. The average molecular weight is 477 g/mol. The number of hydrogen-bond donors (Lipinski definition) is 0. The van der Waals surface area contributed by atoms with Crippen LogP contribution in [0.15, 0.2) is 109 Å². The molecule has 2 nitrogen and oxygen atoms in total. The molecule has 0 bridgehead atoms. The van der Waals surface area contributed by atoms with Crippen LogP contribution in [0.2, 0.25) is 0 Å². The van der Waals surface area contributed by atoms with Gasteiger partial charge >= 0.3 is 0 Å². The van der Waals surface area contributed by atoms with E-state index in [1.54, 1.807) is 0 Å². The lowest BCUT2D eigenvalue weighted by molar-refractivity contribution is 0.355. The first-order valence-electron chi connectivity index (χ1n) is 13.0. The molecular weight excluding hydrogens is 436 g/mol. The van der Waals surface area contributed by atoms with Crippen molar-refractivity contribution in [1.29, 1.82) is 0 Å². The molecule has 0 saturated heterocycles. The van der Waals surface area contributed by atoms with Crippen LogP contribution in [-0.2, 0) is 13.1 Å². The van der Waals surface area contributed by atoms with E-state index < -0.39 is 0 Å². The molecule has 0 radical (unpaired) electrons. The van der Waals surface area contributed by atoms with Crippen molar-refractivity contribution in [3.05, 3.63) is 120 Å². The van der Waals surface area contributed by atoms with E-state index in [-0.39, 0.29) is 5.41 Å². The van der Waals surface area contributed by atoms with Gasteiger partial charge in [0.1, 0.15) is 0 Å². The van der Waals surface area contributed by atoms with Crippen molar-refractivity contribution in [2.45, 2.75) is 33.9 Å². The molecule has 0 aliphatic heterocycles. The number of benzene rings is 4. The lowest BCUT2D eigenvalue weighted by Gasteiger charge is -2.22. The second-order valence-electron chi connectivity index (χ2n) is 11.1. The van der Waals surface area contributed by atoms with Crippen molar-refractivity contribution in [3.8, 4) is 0 Å². The molecule has 0 aliphatic carbocycles. The highest BCUT2D eigenvalue weighted by molar-refractivity contribution is 5.86. The Morgan fingerprint density at radius 3 is 1.72 bits per heavy atom. The molecule has 4 aromatic carbocycles. The summed E-state index contributed by atoms with van der Waals surface area (Å²) in [6.45, 7) is 10.5. The molecule has 0 unspecified atom stereocenters. The molecule has 4 rings (SSSR count). The zero-order valence-electron chi connectivity index (χ0n) is 22.5. The van der Waals surface area contributed by atoms with Crippen LogP contribution in [0.5, 0.6) is 0 Å². The SMILES string of the molecule is CN(C/C=C/C(=C\C(C)(C)C)CN(C)Cc1cccc2ccccc12)Cc1cccc2ccccc12. The van der Waals surface area contributed by atoms with Crippen LogP contribution >= 0.6 is 0 Å². The second-order valence-corrected chi connectivity index (χ2v) is 11.1. The van der Waals surface area contributed by atoms with E-state index >= 15 is 0 Å². The van der Waals surface area contributed by atoms with E-state index in [9.17, 15) is 0 Å². The molecule has 0 aromatic heterocycles. The number of fused-ring (bicyclic) bond motifs is 2. The molecule has 0 amide bonds. The third-order valence-corrected chi connectivity index (χ3v) is 6.46. The zero-order chi connectivity index (χ0) is 25.5. The van der Waals surface area contributed by atoms with Gasteiger partial charge in [-0.2, -0.15) is 0 Å². The summed E-state index contributed by atoms with van der Waals surface area (Å²) >= 11 is 0. The molecular formula is C34H40N2. The Bertz CT molecular complexity index is 1350. The van der Waals surface area contributed by atoms with Gasteiger partial charge in [0.05, 0.1) is 0 Å². The molecule has 0 N–H and O–H groups in total. The summed E-state index contributed by atoms with van der Waals surface area (Å²) in [7, 11) is 4.42. The molecule has 0 fully saturated rings. The van der Waals surface area contributed by atoms with Crippen LogP contribution in [0.25, 0.3) is 21.5 Å². The largest absolute Gasteiger partial charge is 0.298 e. The van der Waals surface area contributed by atoms with E-state index in [0.29, 0.717) is 0 Å². The molecule has 2 heteroatoms. The quantitative estimate of drug-likeness (QED) is 0.225. The van der Waals surface area contributed by atoms with Crippen LogP contribution in [0, 0.1) is 5.41 Å². The van der Waals surface area contributed by atoms with Gasteiger partial charge in [0.2, 0.25) is 0 Å². The predicted octanol–water partition coefficient (Wildman–Crippen LogP) is 8.09. The maximum absolute atomic E-state index is 2.42. The molecule has 0 saturated carbocycles. The number of hydrogen-bond acceptors (Lipinski definition) is 2. The van der Waals surface area contributed by atoms with Crippen molar-refractivity contribution in [2.24, 2.45) is 5.41 Å². The average Bonchev–Trinajstić information content (AvgIpc) is 2.83. The summed E-state index contributed by atoms with van der Waals surface area (Å²) in [5.41, 5.74) is 4.26. The maximum Gasteiger partial charge on any atom is 0.0240 e. The second kappa shape index (κ2) is 11.7. The van der Waals surface area contributed by atoms with Crippen LogP contribution < -0.4 is 0 Å². The van der Waals surface area contributed by atoms with Crippen molar-refractivity contribution >= 4 is 21.5 Å². The van der Waals surface area contributed by atoms with E-state index in [4.69, 9.17) is 0 Å². The maximum atomic E-state index is 2.42. The fourth-order valence-corrected chi connectivity index (χ4v) is 4.96. The van der Waals surface area contributed by atoms with Gasteiger partial charge in [-0.25, -0.2) is 0 Å². The van der Waals surface area contributed by atoms with Crippen LogP contribution in [0.4, 0.5) is 0 Å². The Labute approximate surface area is 217 Å². The van der Waals surface area contributed by atoms with E-state index in [1.807, 2.05) is 0 Å². The molecule has 186 valence electrons. The summed E-state index contributed by atoms with van der Waals surface area (Å²) in [6.07, 6.45) is 7.05. The summed E-state index contributed by atoms with van der Waals surface area (Å²) in [6, 6.07) is 30.6. The monoisotopic (exact) mass is 476 g/mol. The van der Waals surface area contributed by atoms with E-state index in [1.165, 1.54) is 38.2 Å². The van der Waals surface area contributed by atoms with Gasteiger partial charge < -0.3 is 0 Å². The number of nitrogens with zero attached hydrogens (tertiary/aromatic N) is 2. The van der Waals surface area contributed by atoms with Gasteiger partial charge in [-0.1, -0.05) is 124 Å². The summed E-state index contributed by atoms with van der Waals surface area (Å²) in [4.78, 5) is 4.80. The van der Waals surface area contributed by atoms with E-state index in [0.717, 1.165) is 26.2 Å². The first-order valence-corrected chi connectivity index (χ1v) is 13.0. The van der Waals surface area contributed by atoms with Gasteiger partial charge in [-0.3, -0.25) is 9.80 Å². The minimum Gasteiger partial charge on any atom is -0.298 e. The highest BCUT2D eigenvalue weighted by Crippen LogP contribution is 2.23. The Kier molecular flexibility index (Phi) is 8.40. The molecule has 0 aliphatic rings. The topological polar surface area (TPSA) is 6.48 Å². The van der Waals surface area contributed by atoms with Crippen molar-refractivity contribution in [3.63, 3.8) is 0 Å². The minimum absolute atomic E-state index is 0.134. The highest BCUT2D eigenvalue weighted by Gasteiger charge is 2.11. The first kappa shape index (κ1) is 25.9. The van der Waals surface area contributed by atoms with Crippen molar-refractivity contribution in [2.75, 3.05) is 27.2 Å². The van der Waals surface area contributed by atoms with Gasteiger partial charge in [-0.15, -0.1) is 0 Å². The van der Waals surface area contributed by atoms with Gasteiger partial charge in [-0.05, 0) is 57.8 Å². The van der Waals surface area contributed by atoms with Crippen LogP contribution in [0.1, 0.15) is 31.9 Å². The molecule has 0 spiro atoms. The summed E-state index contributed by atoms with van der Waals surface area (Å²) < 4.78 is 0. The van der Waals surface area contributed by atoms with Gasteiger partial charge in [0, 0.05) is 26.2 Å². The number of likely N-dealkylation sites (N-methyl/N-ethyl adjacent to an activating group) is 2. The van der Waals surface area contributed by atoms with Gasteiger partial charge in [0.25, 0.3) is 0 Å². The molecule has 0 heterocycles. The third-order valence-electron chi connectivity index (χ3n) is 6.46. The molecule has 36 heavy (non-hydrogen) atoms. The van der Waals surface area contributed by atoms with Crippen molar-refractivity contribution < 1.29 is 0 Å². The highest BCUT2D eigenvalue weighted by atomic mass is 15.1. The van der Waals surface area contributed by atoms with Crippen LogP contribution in [-0.4, -0.2) is 37.0 Å². The summed E-state index contributed by atoms with van der Waals surface area (Å²) in [5, 5.41) is 5.31. The Morgan fingerprint density at radius 2 is 1.17 bits per heavy atom. The normalized spacial score (nSPS) is 13.0. The lowest BCUT2D eigenvalue weighted by Crippen LogP contribution is -2.21. The van der Waals surface area contributed by atoms with Gasteiger partial charge in [0.15, 0.2) is 0 Å². The zero-order valence-corrected chi connectivity index (χ0v) is 22.5. The fourth-order valence-electron chi connectivity index (χ4n) is 4.96. The standard InChI is InChI=1S/C34H40N2/c1-34(2,3)23-27(24-36(5)26-31-19-11-17-29-15-7-9-21-33(29)31)13-12-22-35(4)25-30-18-10-16-28-14-6-8-20-32(28)30/h6-21,23H,22,24-26H2,1-5H3/b13-12+,27-23+. The van der Waals surface area contributed by atoms with Crippen molar-refractivity contribution in [1.82, 2.24) is 9.80 Å². The predicted molar refractivity (Wildman–Crippen MR) is 157 cm³/mol. The third kappa shape index (κ3) is 7.16. The fraction of sp³-hybridized carbons (Fsp3) is 0.294. The minimum atomic E-state index is 0.134. The van der Waals surface area contributed by atoms with E-state index in [2.05, 4.69) is 148 Å². The number of allylic oxidation sites excluding steroid dienone is 1. The smallest absolute Gasteiger partial charge is 0.0240 e. The Morgan fingerprint density at radius 1 is 0.667 bits per heavy atom. The Hall–Kier alpha value is -3.20. The molecule has 0 atom stereocenters. The Balaban J connectivity index is 1.42. The first-order chi connectivity index (χ1) is 17.3. The number of rotatable bonds is 9. The summed E-state index contributed by atoms with van der Waals surface area (Å²) in [5.74, 6) is 0.